The molecule has 0 aliphatic carbocycles. The zero-order chi connectivity index (χ0) is 20.5. The minimum Gasteiger partial charge on any atom is -0.376 e. The van der Waals surface area contributed by atoms with Gasteiger partial charge >= 0.3 is 6.18 Å². The summed E-state index contributed by atoms with van der Waals surface area (Å²) >= 11 is 0. The quantitative estimate of drug-likeness (QED) is 0.777. The molecule has 9 heteroatoms. The van der Waals surface area contributed by atoms with E-state index in [0.29, 0.717) is 0 Å². The van der Waals surface area contributed by atoms with Gasteiger partial charge in [-0.2, -0.15) is 13.2 Å². The highest BCUT2D eigenvalue weighted by atomic mass is 19.4. The lowest BCUT2D eigenvalue weighted by atomic mass is 10.0. The lowest BCUT2D eigenvalue weighted by Gasteiger charge is -2.26. The number of rotatable bonds is 4. The third-order valence-electron chi connectivity index (χ3n) is 4.82. The van der Waals surface area contributed by atoms with Crippen molar-refractivity contribution in [2.24, 2.45) is 0 Å². The molecule has 1 aromatic rings. The molecule has 1 heterocycles. The molecule has 2 N–H and O–H groups in total. The minimum absolute atomic E-state index is 0.0392. The second-order valence-electron chi connectivity index (χ2n) is 6.90. The number of hydrogen-bond donors (Lipinski definition) is 2. The van der Waals surface area contributed by atoms with Crippen molar-refractivity contribution in [3.63, 3.8) is 0 Å². The maximum absolute atomic E-state index is 14.4. The molecule has 3 unspecified atom stereocenters. The SMILES string of the molecule is CC1CCC(C)N1C(=O)c1ccc([C@@H](C)NC(=O)C(O)C(F)(F)F)c(F)c1. The molecular weight excluding hydrogens is 368 g/mol. The lowest BCUT2D eigenvalue weighted by molar-refractivity contribution is -0.205. The van der Waals surface area contributed by atoms with Gasteiger partial charge in [0.1, 0.15) is 5.82 Å². The van der Waals surface area contributed by atoms with Crippen molar-refractivity contribution in [3.05, 3.63) is 35.1 Å². The highest BCUT2D eigenvalue weighted by molar-refractivity contribution is 5.95. The van der Waals surface area contributed by atoms with Crippen LogP contribution >= 0.6 is 0 Å². The Morgan fingerprint density at radius 3 is 2.26 bits per heavy atom. The van der Waals surface area contributed by atoms with Crippen molar-refractivity contribution in [1.82, 2.24) is 10.2 Å². The van der Waals surface area contributed by atoms with Gasteiger partial charge in [-0.3, -0.25) is 9.59 Å². The predicted octanol–water partition coefficient (Wildman–Crippen LogP) is 2.94. The molecule has 5 nitrogen and oxygen atoms in total. The zero-order valence-corrected chi connectivity index (χ0v) is 15.2. The van der Waals surface area contributed by atoms with E-state index in [2.05, 4.69) is 0 Å². The second-order valence-corrected chi connectivity index (χ2v) is 6.90. The van der Waals surface area contributed by atoms with Crippen LogP contribution in [0.25, 0.3) is 0 Å². The number of likely N-dealkylation sites (tertiary alicyclic amines) is 1. The van der Waals surface area contributed by atoms with E-state index in [1.807, 2.05) is 19.2 Å². The molecule has 1 aromatic carbocycles. The van der Waals surface area contributed by atoms with Gasteiger partial charge in [-0.05, 0) is 45.7 Å². The van der Waals surface area contributed by atoms with Crippen LogP contribution in [0.2, 0.25) is 0 Å². The number of nitrogens with one attached hydrogen (secondary N) is 1. The number of amides is 2. The predicted molar refractivity (Wildman–Crippen MR) is 89.3 cm³/mol. The van der Waals surface area contributed by atoms with Gasteiger partial charge in [0.15, 0.2) is 0 Å². The summed E-state index contributed by atoms with van der Waals surface area (Å²) in [5, 5.41) is 10.8. The first kappa shape index (κ1) is 21.1. The summed E-state index contributed by atoms with van der Waals surface area (Å²) in [5.74, 6) is -2.81. The van der Waals surface area contributed by atoms with Crippen LogP contribution in [0.3, 0.4) is 0 Å². The standard InChI is InChI=1S/C18H22F4N2O3/c1-9-4-5-10(2)24(9)17(27)12-6-7-13(14(19)8-12)11(3)23-16(26)15(25)18(20,21)22/h6-11,15,25H,4-5H2,1-3H3,(H,23,26)/t9?,10?,11-,15?/m1/s1. The van der Waals surface area contributed by atoms with E-state index in [9.17, 15) is 27.2 Å². The fraction of sp³-hybridized carbons (Fsp3) is 0.556. The zero-order valence-electron chi connectivity index (χ0n) is 15.2. The average Bonchev–Trinajstić information content (AvgIpc) is 2.90. The van der Waals surface area contributed by atoms with Crippen molar-refractivity contribution in [3.8, 4) is 0 Å². The Balaban J connectivity index is 2.14. The van der Waals surface area contributed by atoms with Crippen LogP contribution in [-0.2, 0) is 4.79 Å². The molecule has 0 radical (unpaired) electrons. The first-order valence-electron chi connectivity index (χ1n) is 8.60. The van der Waals surface area contributed by atoms with E-state index >= 15 is 0 Å². The Morgan fingerprint density at radius 2 is 1.78 bits per heavy atom. The summed E-state index contributed by atoms with van der Waals surface area (Å²) in [7, 11) is 0. The van der Waals surface area contributed by atoms with Gasteiger partial charge in [0.05, 0.1) is 6.04 Å². The number of nitrogens with zero attached hydrogens (tertiary/aromatic N) is 1. The molecule has 0 aromatic heterocycles. The number of carbonyl (C=O) groups excluding carboxylic acids is 2. The summed E-state index contributed by atoms with van der Waals surface area (Å²) in [4.78, 5) is 25.7. The van der Waals surface area contributed by atoms with Gasteiger partial charge in [0.25, 0.3) is 11.8 Å². The second kappa shape index (κ2) is 7.84. The van der Waals surface area contributed by atoms with E-state index in [0.717, 1.165) is 18.9 Å². The Bertz CT molecular complexity index is 713. The third kappa shape index (κ3) is 4.58. The van der Waals surface area contributed by atoms with Crippen molar-refractivity contribution < 1.29 is 32.3 Å². The molecular formula is C18H22F4N2O3. The largest absolute Gasteiger partial charge is 0.423 e. The minimum atomic E-state index is -5.11. The molecule has 27 heavy (non-hydrogen) atoms. The summed E-state index contributed by atoms with van der Waals surface area (Å²) in [6.07, 6.45) is -6.58. The highest BCUT2D eigenvalue weighted by Gasteiger charge is 2.44. The maximum atomic E-state index is 14.4. The van der Waals surface area contributed by atoms with Gasteiger partial charge in [-0.25, -0.2) is 4.39 Å². The van der Waals surface area contributed by atoms with Crippen molar-refractivity contribution >= 4 is 11.8 Å². The molecule has 1 fully saturated rings. The van der Waals surface area contributed by atoms with Crippen LogP contribution < -0.4 is 5.32 Å². The maximum Gasteiger partial charge on any atom is 0.423 e. The number of benzene rings is 1. The fourth-order valence-corrected chi connectivity index (χ4v) is 3.27. The Kier molecular flexibility index (Phi) is 6.14. The van der Waals surface area contributed by atoms with Crippen molar-refractivity contribution in [2.45, 2.75) is 64.0 Å². The van der Waals surface area contributed by atoms with Crippen molar-refractivity contribution in [1.29, 1.82) is 0 Å². The number of aliphatic hydroxyl groups excluding tert-OH is 1. The van der Waals surface area contributed by atoms with Crippen LogP contribution in [-0.4, -0.2) is 46.2 Å². The first-order valence-corrected chi connectivity index (χ1v) is 8.60. The molecule has 2 amide bonds. The summed E-state index contributed by atoms with van der Waals surface area (Å²) in [6.45, 7) is 5.11. The monoisotopic (exact) mass is 390 g/mol. The molecule has 2 rings (SSSR count). The number of halogens is 4. The molecule has 150 valence electrons. The summed E-state index contributed by atoms with van der Waals surface area (Å²) < 4.78 is 51.5. The van der Waals surface area contributed by atoms with E-state index in [1.165, 1.54) is 19.1 Å². The van der Waals surface area contributed by atoms with E-state index in [-0.39, 0.29) is 29.1 Å². The Labute approximate surface area is 154 Å². The van der Waals surface area contributed by atoms with Crippen LogP contribution in [0, 0.1) is 5.82 Å². The fourth-order valence-electron chi connectivity index (χ4n) is 3.27. The lowest BCUT2D eigenvalue weighted by Crippen LogP contribution is -2.44. The van der Waals surface area contributed by atoms with E-state index < -0.39 is 30.0 Å². The first-order chi connectivity index (χ1) is 12.4. The van der Waals surface area contributed by atoms with Crippen LogP contribution in [0.5, 0.6) is 0 Å². The molecule has 1 aliphatic rings. The van der Waals surface area contributed by atoms with Gasteiger partial charge in [0, 0.05) is 23.2 Å². The normalized spacial score (nSPS) is 22.4. The van der Waals surface area contributed by atoms with Gasteiger partial charge in [-0.15, -0.1) is 0 Å². The number of alkyl halides is 3. The summed E-state index contributed by atoms with van der Waals surface area (Å²) in [6, 6.07) is 2.59. The van der Waals surface area contributed by atoms with Crippen molar-refractivity contribution in [2.75, 3.05) is 0 Å². The molecule has 0 bridgehead atoms. The molecule has 0 spiro atoms. The van der Waals surface area contributed by atoms with Crippen LogP contribution in [0.1, 0.15) is 55.6 Å². The Morgan fingerprint density at radius 1 is 1.22 bits per heavy atom. The number of aliphatic hydroxyl groups is 1. The van der Waals surface area contributed by atoms with E-state index in [4.69, 9.17) is 5.11 Å². The average molecular weight is 390 g/mol. The Hall–Kier alpha value is -2.16. The summed E-state index contributed by atoms with van der Waals surface area (Å²) in [5.41, 5.74) is 0.0440. The molecule has 1 saturated heterocycles. The van der Waals surface area contributed by atoms with Gasteiger partial charge in [-0.1, -0.05) is 6.07 Å². The van der Waals surface area contributed by atoms with Crippen LogP contribution in [0.15, 0.2) is 18.2 Å². The number of hydrogen-bond acceptors (Lipinski definition) is 3. The van der Waals surface area contributed by atoms with Crippen LogP contribution in [0.4, 0.5) is 17.6 Å². The molecule has 1 aliphatic heterocycles. The topological polar surface area (TPSA) is 69.6 Å². The molecule has 0 saturated carbocycles. The molecule has 4 atom stereocenters. The number of carbonyl (C=O) groups is 2. The smallest absolute Gasteiger partial charge is 0.376 e. The highest BCUT2D eigenvalue weighted by Crippen LogP contribution is 2.27. The third-order valence-corrected chi connectivity index (χ3v) is 4.82. The van der Waals surface area contributed by atoms with Gasteiger partial charge < -0.3 is 15.3 Å². The van der Waals surface area contributed by atoms with Gasteiger partial charge in [0.2, 0.25) is 6.10 Å². The van der Waals surface area contributed by atoms with E-state index in [1.54, 1.807) is 4.90 Å².